The van der Waals surface area contributed by atoms with E-state index in [4.69, 9.17) is 4.74 Å². The molecule has 0 radical (unpaired) electrons. The number of anilines is 1. The Labute approximate surface area is 191 Å². The van der Waals surface area contributed by atoms with Crippen LogP contribution in [0.3, 0.4) is 0 Å². The maximum Gasteiger partial charge on any atom is 0.325 e. The molecule has 0 aliphatic carbocycles. The number of hydrogen-bond donors (Lipinski definition) is 1. The summed E-state index contributed by atoms with van der Waals surface area (Å²) >= 11 is 0. The molecule has 1 spiro atoms. The van der Waals surface area contributed by atoms with Crippen LogP contribution in [-0.2, 0) is 26.8 Å². The van der Waals surface area contributed by atoms with Crippen molar-refractivity contribution in [3.63, 3.8) is 0 Å². The molecule has 0 saturated carbocycles. The molecule has 5 rings (SSSR count). The van der Waals surface area contributed by atoms with Crippen molar-refractivity contribution in [1.29, 1.82) is 0 Å². The minimum absolute atomic E-state index is 0.270. The summed E-state index contributed by atoms with van der Waals surface area (Å²) in [7, 11) is -3.41. The van der Waals surface area contributed by atoms with Gasteiger partial charge in [0, 0.05) is 24.1 Å². The number of amides is 3. The Morgan fingerprint density at radius 1 is 1.18 bits per heavy atom. The molecule has 3 heterocycles. The van der Waals surface area contributed by atoms with Gasteiger partial charge in [-0.3, -0.25) is 18.8 Å². The molecule has 33 heavy (non-hydrogen) atoms. The predicted octanol–water partition coefficient (Wildman–Crippen LogP) is 1.81. The number of urea groups is 1. The minimum Gasteiger partial charge on any atom is -0.493 e. The molecule has 2 aromatic rings. The number of para-hydroxylation sites is 1. The van der Waals surface area contributed by atoms with Gasteiger partial charge < -0.3 is 10.1 Å². The summed E-state index contributed by atoms with van der Waals surface area (Å²) in [5, 5.41) is 2.79. The molecule has 2 aromatic carbocycles. The number of ketones is 1. The molecule has 1 fully saturated rings. The number of imide groups is 1. The second kappa shape index (κ2) is 7.58. The lowest BCUT2D eigenvalue weighted by atomic mass is 9.84. The first kappa shape index (κ1) is 21.4. The highest BCUT2D eigenvalue weighted by Crippen LogP contribution is 2.41. The Morgan fingerprint density at radius 2 is 1.97 bits per heavy atom. The molecule has 3 aliphatic rings. The molecule has 10 heteroatoms. The summed E-state index contributed by atoms with van der Waals surface area (Å²) in [6, 6.07) is 11.3. The molecule has 1 N–H and O–H groups in total. The van der Waals surface area contributed by atoms with Crippen molar-refractivity contribution >= 4 is 33.4 Å². The van der Waals surface area contributed by atoms with Crippen molar-refractivity contribution in [2.45, 2.75) is 24.8 Å². The lowest BCUT2D eigenvalue weighted by molar-refractivity contribution is -0.132. The summed E-state index contributed by atoms with van der Waals surface area (Å²) in [6.45, 7) is 0.269. The van der Waals surface area contributed by atoms with Gasteiger partial charge in [-0.25, -0.2) is 13.2 Å². The number of carbonyl (C=O) groups excluding carboxylic acids is 3. The van der Waals surface area contributed by atoms with Crippen LogP contribution >= 0.6 is 0 Å². The maximum atomic E-state index is 13.4. The Hall–Kier alpha value is -3.40. The second-order valence-corrected chi connectivity index (χ2v) is 10.4. The van der Waals surface area contributed by atoms with E-state index in [-0.39, 0.29) is 13.0 Å². The third-order valence-corrected chi connectivity index (χ3v) is 7.62. The second-order valence-electron chi connectivity index (χ2n) is 8.53. The monoisotopic (exact) mass is 469 g/mol. The highest BCUT2D eigenvalue weighted by Gasteiger charge is 2.55. The van der Waals surface area contributed by atoms with Crippen LogP contribution in [0, 0.1) is 0 Å². The summed E-state index contributed by atoms with van der Waals surface area (Å²) < 4.78 is 31.1. The first-order valence-electron chi connectivity index (χ1n) is 10.7. The SMILES string of the molecule is CS(=O)(=O)N1CCCc2cc(C(=O)CN3C(=O)NC4(CCOc5ccccc54)C3=O)ccc21. The fraction of sp³-hybridized carbons (Fsp3) is 0.348. The van der Waals surface area contributed by atoms with Gasteiger partial charge in [-0.1, -0.05) is 18.2 Å². The average Bonchev–Trinajstić information content (AvgIpc) is 3.02. The molecule has 3 amide bonds. The number of rotatable bonds is 4. The van der Waals surface area contributed by atoms with E-state index in [1.807, 2.05) is 0 Å². The molecule has 1 unspecified atom stereocenters. The number of Topliss-reactive ketones (excluding diaryl/α,β-unsaturated/α-hetero) is 1. The Morgan fingerprint density at radius 3 is 2.76 bits per heavy atom. The Balaban J connectivity index is 1.40. The van der Waals surface area contributed by atoms with Gasteiger partial charge in [-0.05, 0) is 42.7 Å². The highest BCUT2D eigenvalue weighted by atomic mass is 32.2. The first-order valence-corrected chi connectivity index (χ1v) is 12.6. The highest BCUT2D eigenvalue weighted by molar-refractivity contribution is 7.92. The number of fused-ring (bicyclic) bond motifs is 3. The van der Waals surface area contributed by atoms with Crippen molar-refractivity contribution in [3.05, 3.63) is 59.2 Å². The first-order chi connectivity index (χ1) is 15.7. The van der Waals surface area contributed by atoms with E-state index >= 15 is 0 Å². The van der Waals surface area contributed by atoms with Gasteiger partial charge in [0.15, 0.2) is 11.3 Å². The Kier molecular flexibility index (Phi) is 4.93. The standard InChI is InChI=1S/C23H23N3O6S/c1-33(30,31)26-11-4-5-15-13-16(8-9-18(15)26)19(27)14-25-21(28)23(24-22(25)29)10-12-32-20-7-3-2-6-17(20)23/h2-3,6-9,13H,4-5,10-12,14H2,1H3,(H,24,29). The third-order valence-electron chi connectivity index (χ3n) is 6.44. The zero-order chi connectivity index (χ0) is 23.4. The van der Waals surface area contributed by atoms with Gasteiger partial charge in [0.2, 0.25) is 10.0 Å². The lowest BCUT2D eigenvalue weighted by Gasteiger charge is -2.33. The van der Waals surface area contributed by atoms with E-state index in [2.05, 4.69) is 5.32 Å². The minimum atomic E-state index is -3.41. The van der Waals surface area contributed by atoms with Crippen molar-refractivity contribution < 1.29 is 27.5 Å². The number of nitrogens with zero attached hydrogens (tertiary/aromatic N) is 2. The van der Waals surface area contributed by atoms with Crippen LogP contribution in [0.4, 0.5) is 10.5 Å². The number of aryl methyl sites for hydroxylation is 1. The number of ether oxygens (including phenoxy) is 1. The summed E-state index contributed by atoms with van der Waals surface area (Å²) in [6.07, 6.45) is 2.72. The van der Waals surface area contributed by atoms with Gasteiger partial charge >= 0.3 is 6.03 Å². The van der Waals surface area contributed by atoms with Crippen LogP contribution in [0.2, 0.25) is 0 Å². The van der Waals surface area contributed by atoms with E-state index in [9.17, 15) is 22.8 Å². The van der Waals surface area contributed by atoms with Crippen LogP contribution < -0.4 is 14.4 Å². The molecule has 1 saturated heterocycles. The summed E-state index contributed by atoms with van der Waals surface area (Å²) in [5.74, 6) is -0.330. The van der Waals surface area contributed by atoms with E-state index in [1.165, 1.54) is 4.31 Å². The van der Waals surface area contributed by atoms with Crippen LogP contribution in [0.1, 0.15) is 34.3 Å². The van der Waals surface area contributed by atoms with Crippen molar-refractivity contribution in [3.8, 4) is 5.75 Å². The summed E-state index contributed by atoms with van der Waals surface area (Å²) in [5.41, 5.74) is 0.993. The Bertz CT molecular complexity index is 1290. The van der Waals surface area contributed by atoms with Gasteiger partial charge in [-0.2, -0.15) is 0 Å². The van der Waals surface area contributed by atoms with Gasteiger partial charge in [-0.15, -0.1) is 0 Å². The number of hydrogen-bond acceptors (Lipinski definition) is 6. The zero-order valence-electron chi connectivity index (χ0n) is 18.0. The smallest absolute Gasteiger partial charge is 0.325 e. The fourth-order valence-electron chi connectivity index (χ4n) is 4.83. The topological polar surface area (TPSA) is 113 Å². The van der Waals surface area contributed by atoms with Gasteiger partial charge in [0.25, 0.3) is 5.91 Å². The number of carbonyl (C=O) groups is 3. The van der Waals surface area contributed by atoms with E-state index < -0.39 is 39.8 Å². The van der Waals surface area contributed by atoms with Crippen LogP contribution in [0.15, 0.2) is 42.5 Å². The molecule has 0 bridgehead atoms. The van der Waals surface area contributed by atoms with Crippen molar-refractivity contribution in [2.75, 3.05) is 30.3 Å². The number of sulfonamides is 1. The third kappa shape index (κ3) is 3.45. The molecular weight excluding hydrogens is 446 g/mol. The normalized spacial score (nSPS) is 22.0. The average molecular weight is 470 g/mol. The van der Waals surface area contributed by atoms with Crippen LogP contribution in [-0.4, -0.2) is 57.0 Å². The maximum absolute atomic E-state index is 13.4. The molecule has 172 valence electrons. The van der Waals surface area contributed by atoms with Crippen LogP contribution in [0.25, 0.3) is 0 Å². The van der Waals surface area contributed by atoms with Gasteiger partial charge in [0.1, 0.15) is 5.75 Å². The summed E-state index contributed by atoms with van der Waals surface area (Å²) in [4.78, 5) is 40.1. The lowest BCUT2D eigenvalue weighted by Crippen LogP contribution is -2.47. The van der Waals surface area contributed by atoms with Crippen molar-refractivity contribution in [1.82, 2.24) is 10.2 Å². The quantitative estimate of drug-likeness (QED) is 0.540. The zero-order valence-corrected chi connectivity index (χ0v) is 18.9. The molecule has 0 aromatic heterocycles. The molecular formula is C23H23N3O6S. The van der Waals surface area contributed by atoms with E-state index in [0.29, 0.717) is 42.0 Å². The van der Waals surface area contributed by atoms with Crippen molar-refractivity contribution in [2.24, 2.45) is 0 Å². The van der Waals surface area contributed by atoms with Gasteiger partial charge in [0.05, 0.1) is 25.1 Å². The fourth-order valence-corrected chi connectivity index (χ4v) is 5.83. The van der Waals surface area contributed by atoms with Crippen LogP contribution in [0.5, 0.6) is 5.75 Å². The predicted molar refractivity (Wildman–Crippen MR) is 120 cm³/mol. The molecule has 3 aliphatic heterocycles. The number of benzene rings is 2. The van der Waals surface area contributed by atoms with E-state index in [1.54, 1.807) is 42.5 Å². The molecule has 1 atom stereocenters. The largest absolute Gasteiger partial charge is 0.493 e. The van der Waals surface area contributed by atoms with E-state index in [0.717, 1.165) is 16.7 Å². The number of nitrogens with one attached hydrogen (secondary N) is 1. The molecule has 9 nitrogen and oxygen atoms in total.